The number of rotatable bonds is 8. The van der Waals surface area contributed by atoms with Crippen LogP contribution in [0.15, 0.2) is 11.6 Å². The summed E-state index contributed by atoms with van der Waals surface area (Å²) < 4.78 is 16.0. The van der Waals surface area contributed by atoms with Gasteiger partial charge in [0, 0.05) is 38.1 Å². The highest BCUT2D eigenvalue weighted by atomic mass is 16.6. The van der Waals surface area contributed by atoms with Crippen molar-refractivity contribution in [3.8, 4) is 0 Å². The maximum atomic E-state index is 13.9. The van der Waals surface area contributed by atoms with Crippen molar-refractivity contribution >= 4 is 35.4 Å². The summed E-state index contributed by atoms with van der Waals surface area (Å²) in [6, 6.07) is -0.912. The number of hydrogen-bond donors (Lipinski definition) is 1. The third-order valence-corrected chi connectivity index (χ3v) is 11.8. The van der Waals surface area contributed by atoms with Gasteiger partial charge in [-0.2, -0.15) is 0 Å². The first-order chi connectivity index (χ1) is 20.8. The Morgan fingerprint density at radius 3 is 2.43 bits per heavy atom. The Kier molecular flexibility index (Phi) is 8.83. The number of aliphatic hydroxyl groups is 1. The summed E-state index contributed by atoms with van der Waals surface area (Å²) in [5.74, 6) is -1.82. The van der Waals surface area contributed by atoms with Gasteiger partial charge >= 0.3 is 17.9 Å². The number of Topliss-reactive ketones (excluding diaryl/α,β-unsaturated/α-hetero) is 1. The Morgan fingerprint density at radius 2 is 1.73 bits per heavy atom. The van der Waals surface area contributed by atoms with Crippen LogP contribution in [0, 0.1) is 28.6 Å². The summed E-state index contributed by atoms with van der Waals surface area (Å²) in [4.78, 5) is 77.2. The zero-order valence-corrected chi connectivity index (χ0v) is 26.2. The highest BCUT2D eigenvalue weighted by Crippen LogP contribution is 2.68. The Hall–Kier alpha value is -3.08. The maximum absolute atomic E-state index is 13.9. The number of methoxy groups -OCH3 is 1. The van der Waals surface area contributed by atoms with Crippen LogP contribution >= 0.6 is 0 Å². The molecular weight excluding hydrogens is 570 g/mol. The van der Waals surface area contributed by atoms with Gasteiger partial charge in [0.25, 0.3) is 0 Å². The number of nitrogens with zero attached hydrogens (tertiary/aromatic N) is 1. The number of allylic oxidation sites excluding steroid dienone is 1. The molecule has 0 aromatic rings. The smallest absolute Gasteiger partial charge is 0.328 e. The molecule has 3 saturated carbocycles. The number of carbonyl (C=O) groups is 6. The Bertz CT molecular complexity index is 1270. The Morgan fingerprint density at radius 1 is 1.00 bits per heavy atom. The van der Waals surface area contributed by atoms with E-state index < -0.39 is 59.4 Å². The largest absolute Gasteiger partial charge is 0.467 e. The number of amides is 1. The Labute approximate surface area is 258 Å². The molecule has 5 unspecified atom stereocenters. The molecule has 0 aromatic carbocycles. The Balaban J connectivity index is 1.25. The highest BCUT2D eigenvalue weighted by Gasteiger charge is 2.68. The van der Waals surface area contributed by atoms with E-state index in [-0.39, 0.29) is 42.9 Å². The van der Waals surface area contributed by atoms with E-state index in [1.165, 1.54) is 24.5 Å². The molecule has 4 fully saturated rings. The molecule has 44 heavy (non-hydrogen) atoms. The molecule has 242 valence electrons. The van der Waals surface area contributed by atoms with Crippen LogP contribution in [-0.4, -0.2) is 83.4 Å². The molecule has 1 N–H and O–H groups in total. The van der Waals surface area contributed by atoms with Crippen molar-refractivity contribution in [3.63, 3.8) is 0 Å². The molecule has 0 radical (unpaired) electrons. The van der Waals surface area contributed by atoms with Crippen molar-refractivity contribution in [3.05, 3.63) is 11.6 Å². The molecule has 8 atom stereocenters. The van der Waals surface area contributed by atoms with Gasteiger partial charge in [-0.05, 0) is 74.2 Å². The number of aliphatic hydroxyl groups excluding tert-OH is 1. The third kappa shape index (κ3) is 5.39. The highest BCUT2D eigenvalue weighted by molar-refractivity contribution is 5.94. The van der Waals surface area contributed by atoms with Gasteiger partial charge < -0.3 is 24.2 Å². The fourth-order valence-corrected chi connectivity index (χ4v) is 9.62. The van der Waals surface area contributed by atoms with Crippen LogP contribution in [0.5, 0.6) is 0 Å². The van der Waals surface area contributed by atoms with E-state index in [4.69, 9.17) is 14.2 Å². The molecule has 0 spiro atoms. The molecule has 1 heterocycles. The predicted molar refractivity (Wildman–Crippen MR) is 155 cm³/mol. The van der Waals surface area contributed by atoms with Crippen molar-refractivity contribution in [1.29, 1.82) is 0 Å². The summed E-state index contributed by atoms with van der Waals surface area (Å²) in [5, 5.41) is 9.94. The summed E-state index contributed by atoms with van der Waals surface area (Å²) >= 11 is 0. The average molecular weight is 616 g/mol. The summed E-state index contributed by atoms with van der Waals surface area (Å²) in [5.41, 5.74) is -0.818. The van der Waals surface area contributed by atoms with Gasteiger partial charge in [0.1, 0.15) is 6.04 Å². The summed E-state index contributed by atoms with van der Waals surface area (Å²) in [6.45, 7) is 5.02. The van der Waals surface area contributed by atoms with Crippen LogP contribution in [0.2, 0.25) is 0 Å². The van der Waals surface area contributed by atoms with E-state index in [9.17, 15) is 33.9 Å². The second-order valence-electron chi connectivity index (χ2n) is 13.9. The zero-order chi connectivity index (χ0) is 32.0. The average Bonchev–Trinajstić information content (AvgIpc) is 3.52. The van der Waals surface area contributed by atoms with Crippen LogP contribution in [-0.2, 0) is 43.0 Å². The topological polar surface area (TPSA) is 154 Å². The molecule has 1 saturated heterocycles. The van der Waals surface area contributed by atoms with Crippen molar-refractivity contribution < 1.29 is 48.1 Å². The first-order valence-electron chi connectivity index (χ1n) is 15.9. The molecule has 11 heteroatoms. The number of hydrogen-bond acceptors (Lipinski definition) is 10. The van der Waals surface area contributed by atoms with Crippen molar-refractivity contribution in [1.82, 2.24) is 4.90 Å². The first-order valence-corrected chi connectivity index (χ1v) is 15.9. The molecule has 1 amide bonds. The van der Waals surface area contributed by atoms with Crippen LogP contribution in [0.25, 0.3) is 0 Å². The van der Waals surface area contributed by atoms with Crippen LogP contribution in [0.1, 0.15) is 91.4 Å². The molecule has 11 nitrogen and oxygen atoms in total. The third-order valence-electron chi connectivity index (χ3n) is 11.8. The predicted octanol–water partition coefficient (Wildman–Crippen LogP) is 2.85. The first kappa shape index (κ1) is 32.3. The second kappa shape index (κ2) is 12.0. The summed E-state index contributed by atoms with van der Waals surface area (Å²) in [7, 11) is 1.20. The van der Waals surface area contributed by atoms with E-state index in [2.05, 4.69) is 6.92 Å². The minimum absolute atomic E-state index is 0.0342. The molecule has 0 bridgehead atoms. The maximum Gasteiger partial charge on any atom is 0.328 e. The van der Waals surface area contributed by atoms with Gasteiger partial charge in [0.15, 0.2) is 18.0 Å². The number of ketones is 2. The molecule has 0 aromatic heterocycles. The lowest BCUT2D eigenvalue weighted by Gasteiger charge is -2.59. The number of carbonyl (C=O) groups excluding carboxylic acids is 6. The number of ether oxygens (including phenoxy) is 3. The van der Waals surface area contributed by atoms with Crippen LogP contribution in [0.4, 0.5) is 0 Å². The van der Waals surface area contributed by atoms with Gasteiger partial charge in [-0.15, -0.1) is 0 Å². The van der Waals surface area contributed by atoms with Crippen molar-refractivity contribution in [2.45, 2.75) is 109 Å². The fraction of sp³-hybridized carbons (Fsp3) is 0.758. The van der Waals surface area contributed by atoms with Gasteiger partial charge in [-0.1, -0.05) is 19.4 Å². The number of esters is 3. The zero-order valence-electron chi connectivity index (χ0n) is 26.2. The number of fused-ring (bicyclic) bond motifs is 5. The van der Waals surface area contributed by atoms with Crippen LogP contribution in [0.3, 0.4) is 0 Å². The lowest BCUT2D eigenvalue weighted by atomic mass is 9.46. The molecule has 5 aliphatic rings. The number of likely N-dealkylation sites (tertiary alicyclic amines) is 1. The van der Waals surface area contributed by atoms with Gasteiger partial charge in [-0.25, -0.2) is 4.79 Å². The van der Waals surface area contributed by atoms with E-state index >= 15 is 0 Å². The standard InChI is InChI=1S/C33H45NO10/c1-19(35)44-33(27(38)18-43-29(40)8-7-28(39)34-17-22(37)16-26(34)30(41)42-4)14-11-25-23-6-5-20-15-21(36)9-12-31(20,2)24(23)10-13-32(25,33)3/h15,22-26,37H,5-14,16-18H2,1-4H3/t22?,23?,24?,25?,26?,31-,32-,33-/m0/s1. The van der Waals surface area contributed by atoms with Gasteiger partial charge in [0.2, 0.25) is 11.7 Å². The second-order valence-corrected chi connectivity index (χ2v) is 13.9. The van der Waals surface area contributed by atoms with E-state index in [0.717, 1.165) is 32.1 Å². The minimum Gasteiger partial charge on any atom is -0.467 e. The van der Waals surface area contributed by atoms with Crippen LogP contribution < -0.4 is 0 Å². The van der Waals surface area contributed by atoms with Crippen molar-refractivity contribution in [2.75, 3.05) is 20.3 Å². The molecule has 5 rings (SSSR count). The van der Waals surface area contributed by atoms with E-state index in [0.29, 0.717) is 31.1 Å². The van der Waals surface area contributed by atoms with E-state index in [1.54, 1.807) is 0 Å². The summed E-state index contributed by atoms with van der Waals surface area (Å²) in [6.07, 6.45) is 6.30. The lowest BCUT2D eigenvalue weighted by Crippen LogP contribution is -2.59. The quantitative estimate of drug-likeness (QED) is 0.319. The van der Waals surface area contributed by atoms with Gasteiger partial charge in [-0.3, -0.25) is 24.0 Å². The molecule has 4 aliphatic carbocycles. The number of β-amino-alcohol motifs (C(OH)–C–C–N with tert-alkyl or cyclic N) is 1. The molecular formula is C33H45NO10. The lowest BCUT2D eigenvalue weighted by molar-refractivity contribution is -0.191. The van der Waals surface area contributed by atoms with E-state index in [1.807, 2.05) is 13.0 Å². The minimum atomic E-state index is -1.41. The van der Waals surface area contributed by atoms with Crippen molar-refractivity contribution in [2.24, 2.45) is 28.6 Å². The van der Waals surface area contributed by atoms with Gasteiger partial charge in [0.05, 0.1) is 19.6 Å². The normalized spacial score (nSPS) is 37.7. The SMILES string of the molecule is COC(=O)C1CC(O)CN1C(=O)CCC(=O)OCC(=O)[C@@]1(OC(C)=O)CCC2C3CCC4=CC(=O)CC[C@]4(C)C3CC[C@@]21C. The fourth-order valence-electron chi connectivity index (χ4n) is 9.62. The molecule has 1 aliphatic heterocycles. The monoisotopic (exact) mass is 615 g/mol.